The van der Waals surface area contributed by atoms with Crippen molar-refractivity contribution in [2.24, 2.45) is 5.73 Å². The summed E-state index contributed by atoms with van der Waals surface area (Å²) in [4.78, 5) is 0. The van der Waals surface area contributed by atoms with E-state index in [2.05, 4.69) is 5.73 Å². The van der Waals surface area contributed by atoms with Gasteiger partial charge in [0.25, 0.3) is 0 Å². The van der Waals surface area contributed by atoms with Crippen LogP contribution in [-0.2, 0) is 0 Å². The van der Waals surface area contributed by atoms with E-state index in [0.717, 1.165) is 0 Å². The molecule has 0 unspecified atom stereocenters. The standard InChI is InChI=1S/C6H12.CH5N.CH4.3BF4.K.H/c1-2-4-6-5-3-1;1-2;;3*2-1(3,4)5;;/h1-6H2;2H2,1H3;1H4;;;;;/q;;;3*-1;;. The Bertz CT molecular complexity index is 174. The topological polar surface area (TPSA) is 26.0 Å². The van der Waals surface area contributed by atoms with Crippen LogP contribution in [0.5, 0.6) is 0 Å². The Morgan fingerprint density at radius 1 is 0.440 bits per heavy atom. The number of rotatable bonds is 0. The molecule has 0 aromatic rings. The third kappa shape index (κ3) is 272. The summed E-state index contributed by atoms with van der Waals surface area (Å²) in [6.07, 6.45) is 9.00. The van der Waals surface area contributed by atoms with E-state index < -0.39 is 21.8 Å². The first kappa shape index (κ1) is 40.6. The van der Waals surface area contributed by atoms with Crippen LogP contribution in [0.25, 0.3) is 0 Å². The Balaban J connectivity index is -0.0000000456. The van der Waals surface area contributed by atoms with E-state index >= 15 is 0 Å². The first-order chi connectivity index (χ1) is 10.0. The zero-order chi connectivity index (χ0) is 19.7. The summed E-state index contributed by atoms with van der Waals surface area (Å²) in [6, 6.07) is 0. The van der Waals surface area contributed by atoms with Crippen molar-refractivity contribution >= 4 is 73.1 Å². The quantitative estimate of drug-likeness (QED) is 0.380. The van der Waals surface area contributed by atoms with Gasteiger partial charge < -0.3 is 57.5 Å². The van der Waals surface area contributed by atoms with E-state index in [1.165, 1.54) is 45.6 Å². The van der Waals surface area contributed by atoms with Crippen molar-refractivity contribution in [2.45, 2.75) is 46.0 Å². The average molecular weight is 432 g/mol. The average Bonchev–Trinajstić information content (AvgIpc) is 2.27. The van der Waals surface area contributed by atoms with Gasteiger partial charge in [0.15, 0.2) is 0 Å². The van der Waals surface area contributed by atoms with Gasteiger partial charge in [-0.05, 0) is 7.05 Å². The van der Waals surface area contributed by atoms with Crippen LogP contribution >= 0.6 is 0 Å². The molecule has 1 nitrogen and oxygen atoms in total. The van der Waals surface area contributed by atoms with Crippen LogP contribution < -0.4 is 5.73 Å². The molecule has 17 heteroatoms. The molecule has 1 saturated carbocycles. The summed E-state index contributed by atoms with van der Waals surface area (Å²) in [6.45, 7) is 0. The molecule has 0 amide bonds. The molecule has 1 rings (SSSR count). The molecular weight excluding hydrogens is 410 g/mol. The summed E-state index contributed by atoms with van der Waals surface area (Å²) in [5, 5.41) is 0. The fourth-order valence-corrected chi connectivity index (χ4v) is 1.06. The van der Waals surface area contributed by atoms with Gasteiger partial charge in [0.05, 0.1) is 0 Å². The van der Waals surface area contributed by atoms with Gasteiger partial charge >= 0.3 is 73.1 Å². The van der Waals surface area contributed by atoms with Crippen molar-refractivity contribution in [1.29, 1.82) is 0 Å². The second-order valence-electron chi connectivity index (χ2n) is 3.61. The van der Waals surface area contributed by atoms with E-state index in [0.29, 0.717) is 0 Å². The molecule has 156 valence electrons. The summed E-state index contributed by atoms with van der Waals surface area (Å²) in [7, 11) is -16.5. The van der Waals surface area contributed by atoms with Gasteiger partial charge in [-0.15, -0.1) is 0 Å². The summed E-state index contributed by atoms with van der Waals surface area (Å²) in [5.41, 5.74) is 4.50. The molecule has 1 aliphatic rings. The molecule has 0 aromatic carbocycles. The molecule has 0 radical (unpaired) electrons. The fourth-order valence-electron chi connectivity index (χ4n) is 1.06. The number of halogens is 12. The molecule has 0 spiro atoms. The Morgan fingerprint density at radius 2 is 0.480 bits per heavy atom. The Labute approximate surface area is 182 Å². The summed E-state index contributed by atoms with van der Waals surface area (Å²) >= 11 is 0. The molecule has 0 saturated heterocycles. The van der Waals surface area contributed by atoms with Gasteiger partial charge in [0, 0.05) is 0 Å². The third-order valence-electron chi connectivity index (χ3n) is 1.50. The molecule has 1 fully saturated rings. The number of nitrogens with two attached hydrogens (primary N) is 1. The molecule has 0 aromatic heterocycles. The van der Waals surface area contributed by atoms with Crippen LogP contribution in [0.2, 0.25) is 0 Å². The van der Waals surface area contributed by atoms with Crippen LogP contribution in [0.3, 0.4) is 0 Å². The van der Waals surface area contributed by atoms with Gasteiger partial charge in [-0.1, -0.05) is 46.0 Å². The fraction of sp³-hybridized carbons (Fsp3) is 1.00. The molecule has 2 N–H and O–H groups in total. The molecule has 0 heterocycles. The van der Waals surface area contributed by atoms with Crippen LogP contribution in [0, 0.1) is 0 Å². The van der Waals surface area contributed by atoms with E-state index in [1.807, 2.05) is 0 Å². The van der Waals surface area contributed by atoms with Crippen molar-refractivity contribution < 1.29 is 51.8 Å². The van der Waals surface area contributed by atoms with Gasteiger partial charge in [-0.3, -0.25) is 0 Å². The van der Waals surface area contributed by atoms with Crippen molar-refractivity contribution in [3.8, 4) is 0 Å². The number of hydrogen-bond donors (Lipinski definition) is 1. The first-order valence-electron chi connectivity index (χ1n) is 6.20. The monoisotopic (exact) mass is 432 g/mol. The first-order valence-corrected chi connectivity index (χ1v) is 6.20. The van der Waals surface area contributed by atoms with E-state index in [4.69, 9.17) is 0 Å². The summed E-state index contributed by atoms with van der Waals surface area (Å²) in [5.74, 6) is 0. The molecule has 0 bridgehead atoms. The third-order valence-corrected chi connectivity index (χ3v) is 1.50. The Hall–Kier alpha value is 0.951. The molecule has 1 aliphatic carbocycles. The maximum absolute atomic E-state index is 9.75. The Kier molecular flexibility index (Phi) is 37.3. The normalized spacial score (nSPS) is 13.2. The minimum atomic E-state index is -6.00. The van der Waals surface area contributed by atoms with Crippen LogP contribution in [-0.4, -0.2) is 80.2 Å². The molecule has 0 atom stereocenters. The van der Waals surface area contributed by atoms with Gasteiger partial charge in [0.2, 0.25) is 0 Å². The van der Waals surface area contributed by atoms with Gasteiger partial charge in [-0.2, -0.15) is 0 Å². The van der Waals surface area contributed by atoms with Crippen molar-refractivity contribution in [1.82, 2.24) is 0 Å². The predicted octanol–water partition coefficient (Wildman–Crippen LogP) is 5.80. The summed E-state index contributed by atoms with van der Waals surface area (Å²) < 4.78 is 117. The second-order valence-corrected chi connectivity index (χ2v) is 3.61. The minimum absolute atomic E-state index is 0. The zero-order valence-electron chi connectivity index (χ0n) is 12.1. The van der Waals surface area contributed by atoms with Crippen LogP contribution in [0.4, 0.5) is 51.8 Å². The zero-order valence-corrected chi connectivity index (χ0v) is 12.1. The van der Waals surface area contributed by atoms with Crippen molar-refractivity contribution in [3.05, 3.63) is 0 Å². The van der Waals surface area contributed by atoms with Crippen molar-refractivity contribution in [3.63, 3.8) is 0 Å². The van der Waals surface area contributed by atoms with E-state index in [1.54, 1.807) is 0 Å². The molecular formula is C8H22B3F12KN-3. The molecule has 25 heavy (non-hydrogen) atoms. The number of hydrogen-bond acceptors (Lipinski definition) is 1. The van der Waals surface area contributed by atoms with Crippen LogP contribution in [0.15, 0.2) is 0 Å². The molecule has 0 aliphatic heterocycles. The maximum atomic E-state index is 9.75. The van der Waals surface area contributed by atoms with E-state index in [-0.39, 0.29) is 58.8 Å². The SMILES string of the molecule is C.C1CCCCC1.CN.F[B-](F)(F)F.F[B-](F)(F)F.F[B-](F)(F)F.[KH]. The predicted molar refractivity (Wildman–Crippen MR) is 82.3 cm³/mol. The second kappa shape index (κ2) is 23.0. The van der Waals surface area contributed by atoms with Crippen molar-refractivity contribution in [2.75, 3.05) is 7.05 Å². The van der Waals surface area contributed by atoms with Crippen LogP contribution in [0.1, 0.15) is 46.0 Å². The van der Waals surface area contributed by atoms with E-state index in [9.17, 15) is 51.8 Å². The Morgan fingerprint density at radius 3 is 0.520 bits per heavy atom. The van der Waals surface area contributed by atoms with Gasteiger partial charge in [-0.25, -0.2) is 0 Å². The van der Waals surface area contributed by atoms with Gasteiger partial charge in [0.1, 0.15) is 0 Å².